The second-order valence-electron chi connectivity index (χ2n) is 5.39. The van der Waals surface area contributed by atoms with Crippen LogP contribution >= 0.6 is 0 Å². The van der Waals surface area contributed by atoms with E-state index in [4.69, 9.17) is 0 Å². The molecule has 1 saturated heterocycles. The van der Waals surface area contributed by atoms with Gasteiger partial charge in [-0.05, 0) is 43.3 Å². The average molecular weight is 296 g/mol. The molecular weight excluding hydrogens is 279 g/mol. The van der Waals surface area contributed by atoms with Crippen LogP contribution in [-0.4, -0.2) is 31.2 Å². The molecule has 0 N–H and O–H groups in total. The maximum atomic E-state index is 13.0. The van der Waals surface area contributed by atoms with E-state index in [1.54, 1.807) is 12.1 Å². The van der Waals surface area contributed by atoms with Crippen LogP contribution in [0.3, 0.4) is 0 Å². The Morgan fingerprint density at radius 1 is 1.00 bits per heavy atom. The zero-order valence-corrected chi connectivity index (χ0v) is 12.5. The number of aromatic nitrogens is 1. The summed E-state index contributed by atoms with van der Waals surface area (Å²) < 4.78 is 13.0. The van der Waals surface area contributed by atoms with E-state index in [2.05, 4.69) is 20.9 Å². The van der Waals surface area contributed by atoms with E-state index in [0.29, 0.717) is 5.56 Å². The lowest BCUT2D eigenvalue weighted by Crippen LogP contribution is -2.47. The Labute approximate surface area is 129 Å². The van der Waals surface area contributed by atoms with Gasteiger partial charge in [-0.25, -0.2) is 9.37 Å². The lowest BCUT2D eigenvalue weighted by atomic mass is 10.2. The minimum Gasteiger partial charge on any atom is -0.368 e. The third-order valence-corrected chi connectivity index (χ3v) is 3.91. The Morgan fingerprint density at radius 3 is 2.27 bits per heavy atom. The molecule has 2 aromatic rings. The van der Waals surface area contributed by atoms with Crippen molar-refractivity contribution in [1.29, 1.82) is 5.26 Å². The highest BCUT2D eigenvalue weighted by Crippen LogP contribution is 2.22. The molecule has 0 atom stereocenters. The van der Waals surface area contributed by atoms with Crippen molar-refractivity contribution in [2.24, 2.45) is 0 Å². The predicted molar refractivity (Wildman–Crippen MR) is 84.5 cm³/mol. The van der Waals surface area contributed by atoms with Crippen molar-refractivity contribution in [1.82, 2.24) is 4.98 Å². The third kappa shape index (κ3) is 2.86. The Hall–Kier alpha value is -2.61. The molecule has 5 heteroatoms. The summed E-state index contributed by atoms with van der Waals surface area (Å²) in [4.78, 5) is 8.88. The number of halogens is 1. The molecule has 0 radical (unpaired) electrons. The number of piperazine rings is 1. The first kappa shape index (κ1) is 14.3. The van der Waals surface area contributed by atoms with Gasteiger partial charge in [0, 0.05) is 37.6 Å². The van der Waals surface area contributed by atoms with Crippen molar-refractivity contribution in [3.63, 3.8) is 0 Å². The summed E-state index contributed by atoms with van der Waals surface area (Å²) in [6.45, 7) is 5.17. The van der Waals surface area contributed by atoms with E-state index in [0.717, 1.165) is 43.4 Å². The molecule has 0 amide bonds. The molecule has 0 spiro atoms. The summed E-state index contributed by atoms with van der Waals surface area (Å²) in [6, 6.07) is 12.5. The van der Waals surface area contributed by atoms with Gasteiger partial charge in [0.2, 0.25) is 0 Å². The van der Waals surface area contributed by atoms with E-state index in [1.165, 1.54) is 12.1 Å². The van der Waals surface area contributed by atoms with Gasteiger partial charge in [-0.3, -0.25) is 0 Å². The lowest BCUT2D eigenvalue weighted by Gasteiger charge is -2.37. The van der Waals surface area contributed by atoms with Crippen LogP contribution in [0.2, 0.25) is 0 Å². The number of pyridine rings is 1. The number of anilines is 2. The fraction of sp³-hybridized carbons (Fsp3) is 0.294. The molecule has 4 nitrogen and oxygen atoms in total. The Morgan fingerprint density at radius 2 is 1.64 bits per heavy atom. The van der Waals surface area contributed by atoms with E-state index in [9.17, 15) is 9.65 Å². The van der Waals surface area contributed by atoms with Crippen LogP contribution in [0.25, 0.3) is 0 Å². The van der Waals surface area contributed by atoms with Crippen molar-refractivity contribution < 1.29 is 4.39 Å². The summed E-state index contributed by atoms with van der Waals surface area (Å²) >= 11 is 0. The van der Waals surface area contributed by atoms with Gasteiger partial charge >= 0.3 is 0 Å². The first-order valence-corrected chi connectivity index (χ1v) is 7.30. The summed E-state index contributed by atoms with van der Waals surface area (Å²) in [5.41, 5.74) is 2.55. The molecule has 0 unspecified atom stereocenters. The maximum absolute atomic E-state index is 13.0. The highest BCUT2D eigenvalue weighted by Gasteiger charge is 2.20. The Balaban J connectivity index is 1.73. The SMILES string of the molecule is Cc1ccc(C#N)c(N2CCN(c3ccc(F)cc3)CC2)n1. The average Bonchev–Trinajstić information content (AvgIpc) is 2.56. The fourth-order valence-corrected chi connectivity index (χ4v) is 2.70. The van der Waals surface area contributed by atoms with Crippen molar-refractivity contribution in [2.45, 2.75) is 6.92 Å². The minimum absolute atomic E-state index is 0.218. The lowest BCUT2D eigenvalue weighted by molar-refractivity contribution is 0.624. The van der Waals surface area contributed by atoms with Crippen LogP contribution < -0.4 is 9.80 Å². The van der Waals surface area contributed by atoms with E-state index in [1.807, 2.05) is 19.1 Å². The molecule has 0 saturated carbocycles. The second-order valence-corrected chi connectivity index (χ2v) is 5.39. The molecule has 1 aliphatic rings. The zero-order chi connectivity index (χ0) is 15.5. The first-order valence-electron chi connectivity index (χ1n) is 7.30. The third-order valence-electron chi connectivity index (χ3n) is 3.91. The molecular formula is C17H17FN4. The minimum atomic E-state index is -0.218. The fourth-order valence-electron chi connectivity index (χ4n) is 2.70. The number of nitrogens with zero attached hydrogens (tertiary/aromatic N) is 4. The molecule has 1 fully saturated rings. The van der Waals surface area contributed by atoms with Crippen molar-refractivity contribution in [2.75, 3.05) is 36.0 Å². The van der Waals surface area contributed by atoms with Gasteiger partial charge in [0.1, 0.15) is 17.7 Å². The van der Waals surface area contributed by atoms with Gasteiger partial charge in [-0.1, -0.05) is 0 Å². The Kier molecular flexibility index (Phi) is 3.92. The van der Waals surface area contributed by atoms with Gasteiger partial charge in [0.15, 0.2) is 0 Å². The van der Waals surface area contributed by atoms with Crippen LogP contribution in [0.4, 0.5) is 15.9 Å². The molecule has 3 rings (SSSR count). The monoisotopic (exact) mass is 296 g/mol. The van der Waals surface area contributed by atoms with Crippen molar-refractivity contribution >= 4 is 11.5 Å². The van der Waals surface area contributed by atoms with Crippen molar-refractivity contribution in [3.05, 3.63) is 53.5 Å². The summed E-state index contributed by atoms with van der Waals surface area (Å²) in [5.74, 6) is 0.547. The van der Waals surface area contributed by atoms with Gasteiger partial charge in [0.05, 0.1) is 5.56 Å². The number of hydrogen-bond acceptors (Lipinski definition) is 4. The van der Waals surface area contributed by atoms with Crippen LogP contribution in [0.15, 0.2) is 36.4 Å². The molecule has 0 bridgehead atoms. The number of nitriles is 1. The molecule has 1 aliphatic heterocycles. The van der Waals surface area contributed by atoms with Crippen LogP contribution in [-0.2, 0) is 0 Å². The molecule has 1 aromatic carbocycles. The first-order chi connectivity index (χ1) is 10.7. The maximum Gasteiger partial charge on any atom is 0.146 e. The predicted octanol–water partition coefficient (Wildman–Crippen LogP) is 2.73. The summed E-state index contributed by atoms with van der Waals surface area (Å²) in [5, 5.41) is 9.23. The molecule has 1 aromatic heterocycles. The van der Waals surface area contributed by atoms with Gasteiger partial charge in [0.25, 0.3) is 0 Å². The van der Waals surface area contributed by atoms with Crippen LogP contribution in [0.1, 0.15) is 11.3 Å². The van der Waals surface area contributed by atoms with Crippen LogP contribution in [0, 0.1) is 24.1 Å². The van der Waals surface area contributed by atoms with Crippen LogP contribution in [0.5, 0.6) is 0 Å². The molecule has 112 valence electrons. The van der Waals surface area contributed by atoms with Gasteiger partial charge < -0.3 is 9.80 Å². The van der Waals surface area contributed by atoms with E-state index in [-0.39, 0.29) is 5.82 Å². The largest absolute Gasteiger partial charge is 0.368 e. The highest BCUT2D eigenvalue weighted by molar-refractivity contribution is 5.56. The standard InChI is InChI=1S/C17H17FN4/c1-13-2-3-14(12-19)17(20-13)22-10-8-21(9-11-22)16-6-4-15(18)5-7-16/h2-7H,8-11H2,1H3. The smallest absolute Gasteiger partial charge is 0.146 e. The van der Waals surface area contributed by atoms with Crippen molar-refractivity contribution in [3.8, 4) is 6.07 Å². The number of hydrogen-bond donors (Lipinski definition) is 0. The van der Waals surface area contributed by atoms with E-state index < -0.39 is 0 Å². The topological polar surface area (TPSA) is 43.2 Å². The zero-order valence-electron chi connectivity index (χ0n) is 12.5. The molecule has 2 heterocycles. The summed E-state index contributed by atoms with van der Waals surface area (Å²) in [6.07, 6.45) is 0. The highest BCUT2D eigenvalue weighted by atomic mass is 19.1. The number of rotatable bonds is 2. The second kappa shape index (κ2) is 6.02. The molecule has 0 aliphatic carbocycles. The Bertz CT molecular complexity index is 698. The number of aryl methyl sites for hydroxylation is 1. The van der Waals surface area contributed by atoms with Gasteiger partial charge in [-0.2, -0.15) is 5.26 Å². The number of benzene rings is 1. The van der Waals surface area contributed by atoms with Gasteiger partial charge in [-0.15, -0.1) is 0 Å². The normalized spacial score (nSPS) is 14.8. The summed E-state index contributed by atoms with van der Waals surface area (Å²) in [7, 11) is 0. The van der Waals surface area contributed by atoms with E-state index >= 15 is 0 Å². The molecule has 22 heavy (non-hydrogen) atoms. The quantitative estimate of drug-likeness (QED) is 0.854.